The summed E-state index contributed by atoms with van der Waals surface area (Å²) in [4.78, 5) is 24.6. The molecule has 7 heteroatoms. The van der Waals surface area contributed by atoms with Crippen LogP contribution in [-0.4, -0.2) is 29.1 Å². The monoisotopic (exact) mass is 343 g/mol. The van der Waals surface area contributed by atoms with Gasteiger partial charge in [-0.15, -0.1) is 0 Å². The predicted octanol–water partition coefficient (Wildman–Crippen LogP) is 4.14. The molecule has 1 aliphatic rings. The first-order valence-electron chi connectivity index (χ1n) is 7.70. The number of carbonyl (C=O) groups excluding carboxylic acids is 2. The lowest BCUT2D eigenvalue weighted by Gasteiger charge is -2.22. The molecular weight excluding hydrogens is 322 g/mol. The maximum Gasteiger partial charge on any atom is 0.350 e. The van der Waals surface area contributed by atoms with E-state index in [9.17, 15) is 9.59 Å². The molecule has 0 spiro atoms. The van der Waals surface area contributed by atoms with Crippen LogP contribution in [0, 0.1) is 4.64 Å². The minimum atomic E-state index is -0.540. The summed E-state index contributed by atoms with van der Waals surface area (Å²) in [7, 11) is 0. The highest BCUT2D eigenvalue weighted by Crippen LogP contribution is 2.33. The largest absolute Gasteiger partial charge is 0.462 e. The highest BCUT2D eigenvalue weighted by Gasteiger charge is 2.29. The van der Waals surface area contributed by atoms with Gasteiger partial charge in [-0.25, -0.2) is 9.59 Å². The summed E-state index contributed by atoms with van der Waals surface area (Å²) in [5, 5.41) is 0. The second-order valence-corrected chi connectivity index (χ2v) is 6.53. The Hall–Kier alpha value is -1.21. The Kier molecular flexibility index (Phi) is 6.14. The van der Waals surface area contributed by atoms with Crippen LogP contribution in [0.2, 0.25) is 0 Å². The first kappa shape index (κ1) is 17.1. The highest BCUT2D eigenvalue weighted by atomic mass is 32.1. The van der Waals surface area contributed by atoms with Gasteiger partial charge in [0, 0.05) is 6.04 Å². The van der Waals surface area contributed by atoms with Gasteiger partial charge in [-0.3, -0.25) is 3.96 Å². The van der Waals surface area contributed by atoms with Gasteiger partial charge in [-0.05, 0) is 38.2 Å². The van der Waals surface area contributed by atoms with E-state index >= 15 is 0 Å². The molecule has 1 heterocycles. The summed E-state index contributed by atoms with van der Waals surface area (Å²) in [6.07, 6.45) is 5.57. The Morgan fingerprint density at radius 2 is 1.73 bits per heavy atom. The van der Waals surface area contributed by atoms with Gasteiger partial charge in [0.2, 0.25) is 0 Å². The smallest absolute Gasteiger partial charge is 0.350 e. The van der Waals surface area contributed by atoms with E-state index in [4.69, 9.17) is 21.7 Å². The second-order valence-electron chi connectivity index (χ2n) is 5.16. The van der Waals surface area contributed by atoms with Gasteiger partial charge >= 0.3 is 11.9 Å². The molecule has 0 atom stereocenters. The first-order valence-corrected chi connectivity index (χ1v) is 8.88. The van der Waals surface area contributed by atoms with E-state index < -0.39 is 11.9 Å². The van der Waals surface area contributed by atoms with Gasteiger partial charge in [0.05, 0.1) is 13.2 Å². The molecule has 5 nitrogen and oxygen atoms in total. The molecule has 2 rings (SSSR count). The van der Waals surface area contributed by atoms with Gasteiger partial charge in [0.1, 0.15) is 15.1 Å². The van der Waals surface area contributed by atoms with Crippen LogP contribution in [0.4, 0.5) is 0 Å². The number of aromatic nitrogens is 1. The van der Waals surface area contributed by atoms with Crippen LogP contribution in [0.25, 0.3) is 0 Å². The fourth-order valence-corrected chi connectivity index (χ4v) is 4.31. The topological polar surface area (TPSA) is 57.5 Å². The van der Waals surface area contributed by atoms with E-state index in [2.05, 4.69) is 0 Å². The van der Waals surface area contributed by atoms with Crippen molar-refractivity contribution in [3.63, 3.8) is 0 Å². The van der Waals surface area contributed by atoms with E-state index in [-0.39, 0.29) is 29.7 Å². The fourth-order valence-electron chi connectivity index (χ4n) is 2.67. The van der Waals surface area contributed by atoms with Crippen LogP contribution in [-0.2, 0) is 9.47 Å². The summed E-state index contributed by atoms with van der Waals surface area (Å²) < 4.78 is 12.4. The van der Waals surface area contributed by atoms with Crippen molar-refractivity contribution < 1.29 is 19.1 Å². The van der Waals surface area contributed by atoms with Crippen LogP contribution in [0.15, 0.2) is 0 Å². The maximum absolute atomic E-state index is 12.2. The Labute approximate surface area is 139 Å². The van der Waals surface area contributed by atoms with Crippen molar-refractivity contribution in [1.82, 2.24) is 3.96 Å². The van der Waals surface area contributed by atoms with Gasteiger partial charge in [0.15, 0.2) is 0 Å². The summed E-state index contributed by atoms with van der Waals surface area (Å²) in [6.45, 7) is 3.97. The van der Waals surface area contributed by atoms with Gasteiger partial charge in [-0.2, -0.15) is 0 Å². The lowest BCUT2D eigenvalue weighted by Crippen LogP contribution is -2.13. The van der Waals surface area contributed by atoms with E-state index in [1.165, 1.54) is 18.0 Å². The predicted molar refractivity (Wildman–Crippen MR) is 87.2 cm³/mol. The molecule has 0 aliphatic heterocycles. The average Bonchev–Trinajstić information content (AvgIpc) is 2.86. The Bertz CT molecular complexity index is 599. The number of hydrogen-bond donors (Lipinski definition) is 0. The summed E-state index contributed by atoms with van der Waals surface area (Å²) in [5.41, 5.74) is 0.186. The normalized spacial score (nSPS) is 15.5. The van der Waals surface area contributed by atoms with Crippen LogP contribution < -0.4 is 0 Å². The summed E-state index contributed by atoms with van der Waals surface area (Å²) >= 11 is 6.68. The third-order valence-electron chi connectivity index (χ3n) is 3.68. The third-order valence-corrected chi connectivity index (χ3v) is 5.42. The summed E-state index contributed by atoms with van der Waals surface area (Å²) in [6, 6.07) is 0.266. The number of carbonyl (C=O) groups is 2. The van der Waals surface area contributed by atoms with Crippen molar-refractivity contribution in [1.29, 1.82) is 0 Å². The molecule has 0 N–H and O–H groups in total. The molecule has 1 aromatic rings. The quantitative estimate of drug-likeness (QED) is 0.594. The number of rotatable bonds is 5. The molecule has 0 aromatic carbocycles. The van der Waals surface area contributed by atoms with Crippen LogP contribution >= 0.6 is 23.8 Å². The van der Waals surface area contributed by atoms with E-state index in [1.807, 2.05) is 3.96 Å². The molecule has 0 amide bonds. The second kappa shape index (κ2) is 7.87. The standard InChI is InChI=1S/C15H21NO4S2/c1-3-19-14(17)11-12(15(18)20-4-2)22-16(13(11)21)10-8-6-5-7-9-10/h10H,3-9H2,1-2H3. The van der Waals surface area contributed by atoms with E-state index in [1.54, 1.807) is 13.8 Å². The SMILES string of the molecule is CCOC(=O)c1sn(C2CCCCC2)c(=S)c1C(=O)OCC. The number of esters is 2. The molecule has 0 unspecified atom stereocenters. The minimum Gasteiger partial charge on any atom is -0.462 e. The van der Waals surface area contributed by atoms with Crippen molar-refractivity contribution in [2.75, 3.05) is 13.2 Å². The van der Waals surface area contributed by atoms with Crippen molar-refractivity contribution in [3.8, 4) is 0 Å². The number of hydrogen-bond acceptors (Lipinski definition) is 6. The van der Waals surface area contributed by atoms with Crippen molar-refractivity contribution in [2.24, 2.45) is 0 Å². The molecule has 122 valence electrons. The van der Waals surface area contributed by atoms with Gasteiger partial charge in [-0.1, -0.05) is 31.5 Å². The maximum atomic E-state index is 12.2. The Balaban J connectivity index is 2.44. The van der Waals surface area contributed by atoms with Crippen LogP contribution in [0.1, 0.15) is 72.0 Å². The first-order chi connectivity index (χ1) is 10.6. The van der Waals surface area contributed by atoms with Gasteiger partial charge < -0.3 is 9.47 Å². The average molecular weight is 343 g/mol. The van der Waals surface area contributed by atoms with Crippen molar-refractivity contribution in [2.45, 2.75) is 52.0 Å². The molecule has 1 aromatic heterocycles. The molecule has 22 heavy (non-hydrogen) atoms. The third kappa shape index (κ3) is 3.57. The lowest BCUT2D eigenvalue weighted by molar-refractivity contribution is 0.0483. The molecule has 1 aliphatic carbocycles. The fraction of sp³-hybridized carbons (Fsp3) is 0.667. The van der Waals surface area contributed by atoms with Crippen LogP contribution in [0.3, 0.4) is 0 Å². The number of ether oxygens (including phenoxy) is 2. The van der Waals surface area contributed by atoms with Crippen LogP contribution in [0.5, 0.6) is 0 Å². The Morgan fingerprint density at radius 1 is 1.14 bits per heavy atom. The lowest BCUT2D eigenvalue weighted by atomic mass is 9.96. The van der Waals surface area contributed by atoms with E-state index in [0.29, 0.717) is 4.64 Å². The molecule has 1 fully saturated rings. The molecular formula is C15H21NO4S2. The summed E-state index contributed by atoms with van der Waals surface area (Å²) in [5.74, 6) is -1.04. The number of nitrogens with zero attached hydrogens (tertiary/aromatic N) is 1. The molecule has 0 bridgehead atoms. The zero-order valence-electron chi connectivity index (χ0n) is 12.9. The molecule has 1 saturated carbocycles. The minimum absolute atomic E-state index is 0.186. The zero-order chi connectivity index (χ0) is 16.1. The molecule has 0 radical (unpaired) electrons. The van der Waals surface area contributed by atoms with Crippen molar-refractivity contribution in [3.05, 3.63) is 15.1 Å². The zero-order valence-corrected chi connectivity index (χ0v) is 14.6. The molecule has 0 saturated heterocycles. The van der Waals surface area contributed by atoms with E-state index in [0.717, 1.165) is 25.7 Å². The van der Waals surface area contributed by atoms with Crippen molar-refractivity contribution >= 4 is 35.7 Å². The van der Waals surface area contributed by atoms with Gasteiger partial charge in [0.25, 0.3) is 0 Å². The highest BCUT2D eigenvalue weighted by molar-refractivity contribution is 7.71. The Morgan fingerprint density at radius 3 is 2.32 bits per heavy atom.